The first-order valence-corrected chi connectivity index (χ1v) is 11.0. The molecule has 0 aliphatic heterocycles. The minimum Gasteiger partial charge on any atom is -0.477 e. The maximum absolute atomic E-state index is 12.2. The lowest BCUT2D eigenvalue weighted by Crippen LogP contribution is -2.29. The molecular formula is C23H29NO4S. The van der Waals surface area contributed by atoms with Crippen LogP contribution in [-0.4, -0.2) is 29.3 Å². The second-order valence-corrected chi connectivity index (χ2v) is 8.29. The Kier molecular flexibility index (Phi) is 9.06. The minimum absolute atomic E-state index is 0.0312. The number of hydrogen-bond donors (Lipinski definition) is 1. The number of carboxylic acids is 1. The van der Waals surface area contributed by atoms with E-state index in [0.717, 1.165) is 49.1 Å². The Labute approximate surface area is 176 Å². The van der Waals surface area contributed by atoms with Gasteiger partial charge in [-0.25, -0.2) is 4.79 Å². The molecule has 1 heterocycles. The Morgan fingerprint density at radius 3 is 2.28 bits per heavy atom. The highest BCUT2D eigenvalue weighted by Crippen LogP contribution is 2.21. The van der Waals surface area contributed by atoms with Crippen molar-refractivity contribution in [3.8, 4) is 0 Å². The van der Waals surface area contributed by atoms with Crippen molar-refractivity contribution in [2.75, 3.05) is 11.4 Å². The molecule has 5 nitrogen and oxygen atoms in total. The molecule has 1 N–H and O–H groups in total. The van der Waals surface area contributed by atoms with Gasteiger partial charge in [-0.15, -0.1) is 11.3 Å². The number of thiophene rings is 1. The zero-order chi connectivity index (χ0) is 21.2. The van der Waals surface area contributed by atoms with Crippen LogP contribution in [0.4, 0.5) is 5.69 Å². The molecule has 1 aromatic heterocycles. The first-order chi connectivity index (χ1) is 13.9. The van der Waals surface area contributed by atoms with Gasteiger partial charge < -0.3 is 10.0 Å². The maximum Gasteiger partial charge on any atom is 0.345 e. The normalized spacial score (nSPS) is 10.7. The fourth-order valence-electron chi connectivity index (χ4n) is 3.17. The van der Waals surface area contributed by atoms with Crippen molar-refractivity contribution in [1.82, 2.24) is 0 Å². The lowest BCUT2D eigenvalue weighted by molar-refractivity contribution is -0.116. The van der Waals surface area contributed by atoms with Crippen LogP contribution in [0.3, 0.4) is 0 Å². The number of rotatable bonds is 12. The molecule has 1 aromatic carbocycles. The van der Waals surface area contributed by atoms with E-state index in [2.05, 4.69) is 6.92 Å². The second kappa shape index (κ2) is 11.5. The smallest absolute Gasteiger partial charge is 0.345 e. The fourth-order valence-corrected chi connectivity index (χ4v) is 4.06. The standard InChI is InChI=1S/C23H29NO4S/c1-3-4-5-9-21(26)18-10-12-19(13-11-18)24(17(2)25)16-7-6-8-20-14-15-22(29-20)23(27)28/h10-15H,3-9,16H2,1-2H3,(H,27,28). The number of nitrogens with zero attached hydrogens (tertiary/aromatic N) is 1. The van der Waals surface area contributed by atoms with E-state index in [1.54, 1.807) is 30.0 Å². The monoisotopic (exact) mass is 415 g/mol. The van der Waals surface area contributed by atoms with Gasteiger partial charge >= 0.3 is 5.97 Å². The number of anilines is 1. The average molecular weight is 416 g/mol. The van der Waals surface area contributed by atoms with Crippen molar-refractivity contribution in [3.63, 3.8) is 0 Å². The van der Waals surface area contributed by atoms with Crippen molar-refractivity contribution in [1.29, 1.82) is 0 Å². The van der Waals surface area contributed by atoms with Crippen LogP contribution in [0.5, 0.6) is 0 Å². The summed E-state index contributed by atoms with van der Waals surface area (Å²) in [6.45, 7) is 4.25. The molecule has 2 aromatic rings. The zero-order valence-electron chi connectivity index (χ0n) is 17.1. The van der Waals surface area contributed by atoms with Crippen LogP contribution < -0.4 is 4.90 Å². The number of unbranched alkanes of at least 4 members (excludes halogenated alkanes) is 3. The molecule has 0 aliphatic rings. The molecule has 0 radical (unpaired) electrons. The summed E-state index contributed by atoms with van der Waals surface area (Å²) in [5.74, 6) is -0.774. The van der Waals surface area contributed by atoms with Crippen molar-refractivity contribution in [3.05, 3.63) is 51.7 Å². The summed E-state index contributed by atoms with van der Waals surface area (Å²) in [5.41, 5.74) is 1.49. The van der Waals surface area contributed by atoms with Crippen LogP contribution in [0.25, 0.3) is 0 Å². The Morgan fingerprint density at radius 1 is 0.966 bits per heavy atom. The topological polar surface area (TPSA) is 74.7 Å². The Hall–Kier alpha value is -2.47. The Morgan fingerprint density at radius 2 is 1.69 bits per heavy atom. The molecule has 0 atom stereocenters. The molecule has 2 rings (SSSR count). The fraction of sp³-hybridized carbons (Fsp3) is 0.435. The van der Waals surface area contributed by atoms with E-state index in [-0.39, 0.29) is 11.7 Å². The molecule has 0 bridgehead atoms. The van der Waals surface area contributed by atoms with Gasteiger partial charge in [0.2, 0.25) is 5.91 Å². The van der Waals surface area contributed by atoms with Gasteiger partial charge in [-0.1, -0.05) is 19.8 Å². The Balaban J connectivity index is 1.87. The largest absolute Gasteiger partial charge is 0.477 e. The molecule has 6 heteroatoms. The third kappa shape index (κ3) is 7.13. The van der Waals surface area contributed by atoms with Crippen LogP contribution in [-0.2, 0) is 11.2 Å². The van der Waals surface area contributed by atoms with Gasteiger partial charge in [0.05, 0.1) is 0 Å². The number of Topliss-reactive ketones (excluding diaryl/α,β-unsaturated/α-hetero) is 1. The average Bonchev–Trinajstić information content (AvgIpc) is 3.17. The van der Waals surface area contributed by atoms with Gasteiger partial charge in [-0.05, 0) is 62.1 Å². The van der Waals surface area contributed by atoms with Crippen molar-refractivity contribution in [2.45, 2.75) is 58.8 Å². The quantitative estimate of drug-likeness (QED) is 0.362. The van der Waals surface area contributed by atoms with Gasteiger partial charge in [-0.3, -0.25) is 9.59 Å². The van der Waals surface area contributed by atoms with Crippen LogP contribution in [0, 0.1) is 0 Å². The van der Waals surface area contributed by atoms with Crippen molar-refractivity contribution < 1.29 is 19.5 Å². The summed E-state index contributed by atoms with van der Waals surface area (Å²) < 4.78 is 0. The van der Waals surface area contributed by atoms with E-state index < -0.39 is 5.97 Å². The molecule has 1 amide bonds. The number of ketones is 1. The zero-order valence-corrected chi connectivity index (χ0v) is 18.0. The predicted octanol–water partition coefficient (Wildman–Crippen LogP) is 5.59. The number of hydrogen-bond acceptors (Lipinski definition) is 4. The minimum atomic E-state index is -0.892. The maximum atomic E-state index is 12.2. The summed E-state index contributed by atoms with van der Waals surface area (Å²) in [4.78, 5) is 38.4. The van der Waals surface area contributed by atoms with Gasteiger partial charge in [0.25, 0.3) is 0 Å². The van der Waals surface area contributed by atoms with E-state index >= 15 is 0 Å². The van der Waals surface area contributed by atoms with E-state index in [1.165, 1.54) is 11.3 Å². The second-order valence-electron chi connectivity index (χ2n) is 7.13. The van der Waals surface area contributed by atoms with Gasteiger partial charge in [-0.2, -0.15) is 0 Å². The number of amides is 1. The van der Waals surface area contributed by atoms with E-state index in [9.17, 15) is 14.4 Å². The molecule has 0 fully saturated rings. The number of aryl methyl sites for hydroxylation is 1. The van der Waals surface area contributed by atoms with Crippen LogP contribution in [0.1, 0.15) is 77.3 Å². The highest BCUT2D eigenvalue weighted by atomic mass is 32.1. The van der Waals surface area contributed by atoms with Crippen molar-refractivity contribution in [2.24, 2.45) is 0 Å². The Bertz CT molecular complexity index is 826. The molecule has 0 saturated heterocycles. The van der Waals surface area contributed by atoms with Gasteiger partial charge in [0.1, 0.15) is 4.88 Å². The van der Waals surface area contributed by atoms with Crippen LogP contribution in [0.15, 0.2) is 36.4 Å². The van der Waals surface area contributed by atoms with Crippen molar-refractivity contribution >= 4 is 34.7 Å². The predicted molar refractivity (Wildman–Crippen MR) is 117 cm³/mol. The summed E-state index contributed by atoms with van der Waals surface area (Å²) >= 11 is 1.30. The number of carbonyl (C=O) groups is 3. The van der Waals surface area contributed by atoms with Gasteiger partial charge in [0, 0.05) is 36.0 Å². The van der Waals surface area contributed by atoms with Gasteiger partial charge in [0.15, 0.2) is 5.78 Å². The summed E-state index contributed by atoms with van der Waals surface area (Å²) in [5, 5.41) is 8.98. The molecule has 29 heavy (non-hydrogen) atoms. The number of carboxylic acid groups (broad SMARTS) is 1. The molecule has 0 saturated carbocycles. The highest BCUT2D eigenvalue weighted by Gasteiger charge is 2.13. The third-order valence-corrected chi connectivity index (χ3v) is 5.95. The molecule has 0 spiro atoms. The first-order valence-electron chi connectivity index (χ1n) is 10.2. The number of benzene rings is 1. The van der Waals surface area contributed by atoms with E-state index in [1.807, 2.05) is 18.2 Å². The van der Waals surface area contributed by atoms with Crippen LogP contribution in [0.2, 0.25) is 0 Å². The summed E-state index contributed by atoms with van der Waals surface area (Å²) in [6.07, 6.45) is 6.12. The number of aromatic carboxylic acids is 1. The number of carbonyl (C=O) groups excluding carboxylic acids is 2. The van der Waals surface area contributed by atoms with E-state index in [0.29, 0.717) is 23.4 Å². The highest BCUT2D eigenvalue weighted by molar-refractivity contribution is 7.13. The third-order valence-electron chi connectivity index (χ3n) is 4.82. The molecular weight excluding hydrogens is 386 g/mol. The molecule has 0 aliphatic carbocycles. The molecule has 0 unspecified atom stereocenters. The summed E-state index contributed by atoms with van der Waals surface area (Å²) in [6, 6.07) is 10.8. The molecule has 156 valence electrons. The lowest BCUT2D eigenvalue weighted by Gasteiger charge is -2.21. The summed E-state index contributed by atoms with van der Waals surface area (Å²) in [7, 11) is 0. The first kappa shape index (κ1) is 22.8. The SMILES string of the molecule is CCCCCC(=O)c1ccc(N(CCCCc2ccc(C(=O)O)s2)C(C)=O)cc1. The lowest BCUT2D eigenvalue weighted by atomic mass is 10.0. The van der Waals surface area contributed by atoms with E-state index in [4.69, 9.17) is 5.11 Å². The van der Waals surface area contributed by atoms with Crippen LogP contribution >= 0.6 is 11.3 Å².